The predicted octanol–water partition coefficient (Wildman–Crippen LogP) is 4.86. The first-order valence-electron chi connectivity index (χ1n) is 13.7. The summed E-state index contributed by atoms with van der Waals surface area (Å²) >= 11 is 7.14. The van der Waals surface area contributed by atoms with Gasteiger partial charge in [-0.05, 0) is 48.9 Å². The van der Waals surface area contributed by atoms with Crippen molar-refractivity contribution in [3.05, 3.63) is 39.5 Å². The zero-order valence-electron chi connectivity index (χ0n) is 23.0. The molecule has 1 saturated heterocycles. The topological polar surface area (TPSA) is 100 Å². The molecule has 0 radical (unpaired) electrons. The van der Waals surface area contributed by atoms with Gasteiger partial charge in [0, 0.05) is 37.9 Å². The molecule has 1 saturated carbocycles. The molecule has 2 aliphatic rings. The molecular weight excluding hydrogens is 578 g/mol. The van der Waals surface area contributed by atoms with E-state index in [0.29, 0.717) is 28.2 Å². The minimum Gasteiger partial charge on any atom is -0.433 e. The summed E-state index contributed by atoms with van der Waals surface area (Å²) in [6.07, 6.45) is 3.32. The van der Waals surface area contributed by atoms with Gasteiger partial charge in [-0.1, -0.05) is 31.9 Å². The molecule has 0 bridgehead atoms. The molecule has 9 nitrogen and oxygen atoms in total. The molecule has 4 rings (SSSR count). The van der Waals surface area contributed by atoms with Gasteiger partial charge in [-0.25, -0.2) is 0 Å². The largest absolute Gasteiger partial charge is 0.433 e. The van der Waals surface area contributed by atoms with Crippen LogP contribution in [0, 0.1) is 11.8 Å². The molecule has 2 N–H and O–H groups in total. The predicted molar refractivity (Wildman–Crippen MR) is 154 cm³/mol. The summed E-state index contributed by atoms with van der Waals surface area (Å²) in [5.41, 5.74) is 0.394. The van der Waals surface area contributed by atoms with Gasteiger partial charge in [-0.2, -0.15) is 8.78 Å². The summed E-state index contributed by atoms with van der Waals surface area (Å²) in [5.74, 6) is -0.621. The minimum absolute atomic E-state index is 0.0420. The van der Waals surface area contributed by atoms with Crippen LogP contribution in [0.25, 0.3) is 0 Å². The highest BCUT2D eigenvalue weighted by atomic mass is 35.5. The van der Waals surface area contributed by atoms with Crippen molar-refractivity contribution in [1.82, 2.24) is 10.2 Å². The molecule has 2 fully saturated rings. The van der Waals surface area contributed by atoms with Crippen LogP contribution in [-0.2, 0) is 14.3 Å². The van der Waals surface area contributed by atoms with Crippen LogP contribution in [0.4, 0.5) is 20.2 Å². The number of morpholine rings is 1. The van der Waals surface area contributed by atoms with Crippen LogP contribution >= 0.6 is 22.9 Å². The third-order valence-corrected chi connectivity index (χ3v) is 8.26. The number of carbonyl (C=O) groups is 3. The van der Waals surface area contributed by atoms with Crippen molar-refractivity contribution in [2.24, 2.45) is 11.8 Å². The van der Waals surface area contributed by atoms with Gasteiger partial charge < -0.3 is 25.0 Å². The van der Waals surface area contributed by atoms with E-state index in [2.05, 4.69) is 29.4 Å². The molecule has 1 atom stereocenters. The lowest BCUT2D eigenvalue weighted by Crippen LogP contribution is -2.53. The number of nitrogens with zero attached hydrogens (tertiary/aromatic N) is 2. The Bertz CT molecular complexity index is 1230. The number of alkyl halides is 2. The van der Waals surface area contributed by atoms with Gasteiger partial charge in [0.1, 0.15) is 12.6 Å². The summed E-state index contributed by atoms with van der Waals surface area (Å²) in [7, 11) is 0. The fourth-order valence-electron chi connectivity index (χ4n) is 4.91. The van der Waals surface area contributed by atoms with E-state index in [4.69, 9.17) is 21.1 Å². The molecule has 1 aliphatic heterocycles. The molecule has 1 aliphatic carbocycles. The lowest BCUT2D eigenvalue weighted by Gasteiger charge is -2.37. The van der Waals surface area contributed by atoms with E-state index < -0.39 is 18.6 Å². The van der Waals surface area contributed by atoms with Crippen molar-refractivity contribution in [3.63, 3.8) is 0 Å². The SMILES string of the molecule is CC(C)CN(CC1CCC1)[C@@H](CNC(=O)c1ccc(Cl)s1)C(=O)Nc1ccc(N2CCOCC2=O)c(OC(F)F)c1. The molecule has 2 aromatic rings. The highest BCUT2D eigenvalue weighted by molar-refractivity contribution is 7.18. The lowest BCUT2D eigenvalue weighted by atomic mass is 9.84. The average Bonchev–Trinajstić information content (AvgIpc) is 3.32. The number of nitrogens with one attached hydrogen (secondary N) is 2. The average molecular weight is 613 g/mol. The van der Waals surface area contributed by atoms with Crippen molar-refractivity contribution in [2.45, 2.75) is 45.8 Å². The van der Waals surface area contributed by atoms with Gasteiger partial charge in [0.05, 0.1) is 21.5 Å². The Kier molecular flexibility index (Phi) is 10.9. The molecule has 13 heteroatoms. The van der Waals surface area contributed by atoms with Crippen LogP contribution < -0.4 is 20.3 Å². The number of hydrogen-bond acceptors (Lipinski definition) is 7. The Hall–Kier alpha value is -2.80. The number of amides is 3. The van der Waals surface area contributed by atoms with Crippen molar-refractivity contribution in [3.8, 4) is 5.75 Å². The number of halogens is 3. The lowest BCUT2D eigenvalue weighted by molar-refractivity contribution is -0.126. The van der Waals surface area contributed by atoms with Crippen LogP contribution in [0.3, 0.4) is 0 Å². The zero-order valence-corrected chi connectivity index (χ0v) is 24.6. The first-order valence-corrected chi connectivity index (χ1v) is 14.9. The smallest absolute Gasteiger partial charge is 0.387 e. The Morgan fingerprint density at radius 3 is 2.63 bits per heavy atom. The van der Waals surface area contributed by atoms with Crippen LogP contribution in [0.2, 0.25) is 4.34 Å². The summed E-state index contributed by atoms with van der Waals surface area (Å²) in [6.45, 7) is 2.66. The van der Waals surface area contributed by atoms with Gasteiger partial charge in [0.25, 0.3) is 11.8 Å². The number of thiophene rings is 1. The summed E-state index contributed by atoms with van der Waals surface area (Å²) in [4.78, 5) is 42.7. The third kappa shape index (κ3) is 8.60. The summed E-state index contributed by atoms with van der Waals surface area (Å²) < 4.78 is 37.0. The second-order valence-corrected chi connectivity index (χ2v) is 12.3. The van der Waals surface area contributed by atoms with E-state index >= 15 is 0 Å². The molecule has 0 unspecified atom stereocenters. The molecule has 224 valence electrons. The van der Waals surface area contributed by atoms with E-state index in [0.717, 1.165) is 30.6 Å². The monoisotopic (exact) mass is 612 g/mol. The second-order valence-electron chi connectivity index (χ2n) is 10.6. The fraction of sp³-hybridized carbons (Fsp3) is 0.536. The maximum Gasteiger partial charge on any atom is 0.387 e. The van der Waals surface area contributed by atoms with Gasteiger partial charge in [0.2, 0.25) is 5.91 Å². The first-order chi connectivity index (χ1) is 19.6. The number of benzene rings is 1. The van der Waals surface area contributed by atoms with E-state index in [1.807, 2.05) is 0 Å². The van der Waals surface area contributed by atoms with Crippen molar-refractivity contribution >= 4 is 52.0 Å². The molecule has 0 spiro atoms. The van der Waals surface area contributed by atoms with E-state index in [-0.39, 0.29) is 61.2 Å². The quantitative estimate of drug-likeness (QED) is 0.335. The second kappa shape index (κ2) is 14.4. The highest BCUT2D eigenvalue weighted by Gasteiger charge is 2.32. The number of ether oxygens (including phenoxy) is 2. The Balaban J connectivity index is 1.56. The van der Waals surface area contributed by atoms with E-state index in [1.54, 1.807) is 12.1 Å². The molecule has 1 aromatic carbocycles. The van der Waals surface area contributed by atoms with Crippen LogP contribution in [0.15, 0.2) is 30.3 Å². The third-order valence-electron chi connectivity index (χ3n) is 7.03. The minimum atomic E-state index is -3.13. The standard InChI is InChI=1S/C28H35ClF2N4O5S/c1-17(2)14-34(15-18-4-3-5-18)21(13-32-27(38)23-8-9-24(29)41-23)26(37)33-19-6-7-20(22(12-19)40-28(30)31)35-10-11-39-16-25(35)36/h6-9,12,17-18,21,28H,3-5,10-11,13-16H2,1-2H3,(H,32,38)(H,33,37)/t21-/m0/s1. The molecule has 41 heavy (non-hydrogen) atoms. The maximum atomic E-state index is 13.8. The van der Waals surface area contributed by atoms with Gasteiger partial charge in [0.15, 0.2) is 5.75 Å². The Morgan fingerprint density at radius 1 is 1.24 bits per heavy atom. The normalized spacial score (nSPS) is 16.7. The number of hydrogen-bond donors (Lipinski definition) is 2. The molecular formula is C28H35ClF2N4O5S. The van der Waals surface area contributed by atoms with Crippen LogP contribution in [-0.4, -0.2) is 74.7 Å². The van der Waals surface area contributed by atoms with Crippen LogP contribution in [0.1, 0.15) is 42.8 Å². The molecule has 3 amide bonds. The molecule has 1 aromatic heterocycles. The first kappa shape index (κ1) is 31.1. The summed E-state index contributed by atoms with van der Waals surface area (Å²) in [6, 6.07) is 6.83. The Morgan fingerprint density at radius 2 is 2.02 bits per heavy atom. The number of carbonyl (C=O) groups excluding carboxylic acids is 3. The highest BCUT2D eigenvalue weighted by Crippen LogP contribution is 2.34. The van der Waals surface area contributed by atoms with Crippen molar-refractivity contribution in [1.29, 1.82) is 0 Å². The summed E-state index contributed by atoms with van der Waals surface area (Å²) in [5, 5.41) is 5.69. The Labute approximate surface area is 247 Å². The van der Waals surface area contributed by atoms with Gasteiger partial charge in [-0.3, -0.25) is 19.3 Å². The zero-order chi connectivity index (χ0) is 29.5. The van der Waals surface area contributed by atoms with Gasteiger partial charge in [-0.15, -0.1) is 11.3 Å². The number of rotatable bonds is 13. The van der Waals surface area contributed by atoms with Crippen molar-refractivity contribution in [2.75, 3.05) is 49.6 Å². The maximum absolute atomic E-state index is 13.8. The number of anilines is 2. The van der Waals surface area contributed by atoms with E-state index in [1.165, 1.54) is 23.1 Å². The van der Waals surface area contributed by atoms with E-state index in [9.17, 15) is 23.2 Å². The van der Waals surface area contributed by atoms with Gasteiger partial charge >= 0.3 is 6.61 Å². The van der Waals surface area contributed by atoms with Crippen LogP contribution in [0.5, 0.6) is 5.75 Å². The fourth-order valence-corrected chi connectivity index (χ4v) is 5.87. The van der Waals surface area contributed by atoms with Crippen molar-refractivity contribution < 1.29 is 32.6 Å². The molecule has 2 heterocycles.